The lowest BCUT2D eigenvalue weighted by Crippen LogP contribution is -1.97. The molecule has 0 bridgehead atoms. The average Bonchev–Trinajstić information content (AvgIpc) is 3.17. The predicted octanol–water partition coefficient (Wildman–Crippen LogP) is 5.98. The van der Waals surface area contributed by atoms with E-state index in [0.717, 1.165) is 31.3 Å². The van der Waals surface area contributed by atoms with Crippen molar-refractivity contribution >= 4 is 45.1 Å². The number of hydrogen-bond acceptors (Lipinski definition) is 5. The summed E-state index contributed by atoms with van der Waals surface area (Å²) in [5, 5.41) is 7.20. The Kier molecular flexibility index (Phi) is 4.80. The van der Waals surface area contributed by atoms with Gasteiger partial charge in [0.15, 0.2) is 0 Å². The average molecular weight is 362 g/mol. The summed E-state index contributed by atoms with van der Waals surface area (Å²) in [5.41, 5.74) is 8.57. The Balaban J connectivity index is 1.75. The van der Waals surface area contributed by atoms with Crippen molar-refractivity contribution in [1.29, 1.82) is 0 Å². The number of nitrogens with zero attached hydrogens (tertiary/aromatic N) is 2. The van der Waals surface area contributed by atoms with Crippen molar-refractivity contribution in [3.8, 4) is 11.3 Å². The van der Waals surface area contributed by atoms with Gasteiger partial charge in [0.1, 0.15) is 0 Å². The van der Waals surface area contributed by atoms with Crippen molar-refractivity contribution in [2.45, 2.75) is 20.8 Å². The van der Waals surface area contributed by atoms with Crippen molar-refractivity contribution < 1.29 is 0 Å². The minimum atomic E-state index is 0.765. The molecule has 118 valence electrons. The van der Waals surface area contributed by atoms with Gasteiger partial charge in [-0.25, -0.2) is 4.98 Å². The van der Waals surface area contributed by atoms with Crippen LogP contribution in [0, 0.1) is 13.8 Å². The Bertz CT molecular complexity index is 864. The first-order chi connectivity index (χ1) is 11.0. The van der Waals surface area contributed by atoms with E-state index in [9.17, 15) is 0 Å². The summed E-state index contributed by atoms with van der Waals surface area (Å²) >= 11 is 9.01. The zero-order valence-corrected chi connectivity index (χ0v) is 15.4. The van der Waals surface area contributed by atoms with Gasteiger partial charge in [0.25, 0.3) is 0 Å². The molecule has 0 aliphatic heterocycles. The Morgan fingerprint density at radius 3 is 2.70 bits per heavy atom. The predicted molar refractivity (Wildman–Crippen MR) is 102 cm³/mol. The highest BCUT2D eigenvalue weighted by molar-refractivity contribution is 7.18. The smallest absolute Gasteiger partial charge is 0.203 e. The summed E-state index contributed by atoms with van der Waals surface area (Å²) in [6, 6.07) is 10.2. The van der Waals surface area contributed by atoms with Gasteiger partial charge in [-0.05, 0) is 50.1 Å². The molecule has 0 amide bonds. The van der Waals surface area contributed by atoms with Crippen LogP contribution in [0.15, 0.2) is 40.8 Å². The zero-order chi connectivity index (χ0) is 16.4. The molecule has 0 atom stereocenters. The van der Waals surface area contributed by atoms with E-state index in [0.29, 0.717) is 0 Å². The second-order valence-corrected chi connectivity index (χ2v) is 7.82. The molecule has 6 heteroatoms. The zero-order valence-electron chi connectivity index (χ0n) is 13.1. The molecule has 1 N–H and O–H groups in total. The number of benzene rings is 1. The molecule has 2 aromatic heterocycles. The minimum absolute atomic E-state index is 0.765. The molecule has 3 nitrogen and oxygen atoms in total. The standard InChI is InChI=1S/C17H16ClN3S2/c1-10-4-5-13(8-11(10)2)14-9-22-17(19-14)21-20-12(3)15-6-7-16(18)23-15/h4-9H,1-3H3,(H,19,21). The molecule has 0 saturated carbocycles. The van der Waals surface area contributed by atoms with Gasteiger partial charge in [-0.3, -0.25) is 5.43 Å². The minimum Gasteiger partial charge on any atom is -0.252 e. The van der Waals surface area contributed by atoms with Crippen LogP contribution in [0.4, 0.5) is 5.13 Å². The van der Waals surface area contributed by atoms with Gasteiger partial charge in [0.2, 0.25) is 5.13 Å². The lowest BCUT2D eigenvalue weighted by molar-refractivity contribution is 1.27. The molecule has 2 heterocycles. The first-order valence-corrected chi connectivity index (χ1v) is 9.19. The molecule has 0 spiro atoms. The SMILES string of the molecule is CC(=NNc1nc(-c2ccc(C)c(C)c2)cs1)c1ccc(Cl)s1. The van der Waals surface area contributed by atoms with Crippen LogP contribution in [0.2, 0.25) is 4.34 Å². The molecule has 0 fully saturated rings. The van der Waals surface area contributed by atoms with Crippen LogP contribution in [0.1, 0.15) is 22.9 Å². The summed E-state index contributed by atoms with van der Waals surface area (Å²) in [4.78, 5) is 5.65. The van der Waals surface area contributed by atoms with Gasteiger partial charge in [-0.2, -0.15) is 5.10 Å². The van der Waals surface area contributed by atoms with E-state index in [2.05, 4.69) is 47.6 Å². The third-order valence-corrected chi connectivity index (χ3v) is 5.64. The summed E-state index contributed by atoms with van der Waals surface area (Å²) in [6.07, 6.45) is 0. The van der Waals surface area contributed by atoms with Gasteiger partial charge in [0.05, 0.1) is 20.6 Å². The Morgan fingerprint density at radius 2 is 2.00 bits per heavy atom. The van der Waals surface area contributed by atoms with E-state index in [1.54, 1.807) is 11.3 Å². The molecule has 0 saturated heterocycles. The van der Waals surface area contributed by atoms with Gasteiger partial charge < -0.3 is 0 Å². The van der Waals surface area contributed by atoms with E-state index >= 15 is 0 Å². The van der Waals surface area contributed by atoms with Crippen LogP contribution in [-0.4, -0.2) is 10.7 Å². The number of aryl methyl sites for hydroxylation is 2. The molecule has 0 aliphatic carbocycles. The maximum absolute atomic E-state index is 5.95. The van der Waals surface area contributed by atoms with Crippen molar-refractivity contribution in [2.24, 2.45) is 5.10 Å². The second kappa shape index (κ2) is 6.83. The molecule has 0 aliphatic rings. The Labute approximate surface area is 148 Å². The summed E-state index contributed by atoms with van der Waals surface area (Å²) in [5.74, 6) is 0. The third kappa shape index (κ3) is 3.80. The van der Waals surface area contributed by atoms with Crippen molar-refractivity contribution in [3.63, 3.8) is 0 Å². The number of thiophene rings is 1. The fraction of sp³-hybridized carbons (Fsp3) is 0.176. The number of hydrazone groups is 1. The fourth-order valence-corrected chi connectivity index (χ4v) is 3.70. The number of hydrogen-bond donors (Lipinski definition) is 1. The van der Waals surface area contributed by atoms with Crippen LogP contribution >= 0.6 is 34.3 Å². The van der Waals surface area contributed by atoms with Gasteiger partial charge in [-0.15, -0.1) is 22.7 Å². The highest BCUT2D eigenvalue weighted by Gasteiger charge is 2.06. The van der Waals surface area contributed by atoms with E-state index in [1.807, 2.05) is 24.4 Å². The number of halogens is 1. The molecular formula is C17H16ClN3S2. The topological polar surface area (TPSA) is 37.3 Å². The van der Waals surface area contributed by atoms with Crippen molar-refractivity contribution in [3.05, 3.63) is 56.1 Å². The van der Waals surface area contributed by atoms with Crippen LogP contribution in [0.5, 0.6) is 0 Å². The molecule has 1 aromatic carbocycles. The molecule has 0 radical (unpaired) electrons. The highest BCUT2D eigenvalue weighted by Crippen LogP contribution is 2.27. The van der Waals surface area contributed by atoms with Crippen molar-refractivity contribution in [2.75, 3.05) is 5.43 Å². The van der Waals surface area contributed by atoms with E-state index in [1.165, 1.54) is 22.5 Å². The summed E-state index contributed by atoms with van der Waals surface area (Å²) in [7, 11) is 0. The quantitative estimate of drug-likeness (QED) is 0.458. The second-order valence-electron chi connectivity index (χ2n) is 5.25. The summed E-state index contributed by atoms with van der Waals surface area (Å²) in [6.45, 7) is 6.18. The van der Waals surface area contributed by atoms with Crippen LogP contribution in [0.3, 0.4) is 0 Å². The monoisotopic (exact) mass is 361 g/mol. The number of nitrogens with one attached hydrogen (secondary N) is 1. The van der Waals surface area contributed by atoms with Crippen LogP contribution in [-0.2, 0) is 0 Å². The molecule has 23 heavy (non-hydrogen) atoms. The summed E-state index contributed by atoms with van der Waals surface area (Å²) < 4.78 is 0.765. The molecule has 3 rings (SSSR count). The fourth-order valence-electron chi connectivity index (χ4n) is 2.05. The van der Waals surface area contributed by atoms with E-state index in [4.69, 9.17) is 11.6 Å². The van der Waals surface area contributed by atoms with Crippen LogP contribution in [0.25, 0.3) is 11.3 Å². The first kappa shape index (κ1) is 16.2. The van der Waals surface area contributed by atoms with Gasteiger partial charge in [-0.1, -0.05) is 23.7 Å². The van der Waals surface area contributed by atoms with Crippen molar-refractivity contribution in [1.82, 2.24) is 4.98 Å². The maximum Gasteiger partial charge on any atom is 0.203 e. The third-order valence-electron chi connectivity index (χ3n) is 3.56. The lowest BCUT2D eigenvalue weighted by atomic mass is 10.1. The molecular weight excluding hydrogens is 346 g/mol. The maximum atomic E-state index is 5.95. The lowest BCUT2D eigenvalue weighted by Gasteiger charge is -2.02. The molecule has 3 aromatic rings. The largest absolute Gasteiger partial charge is 0.252 e. The first-order valence-electron chi connectivity index (χ1n) is 7.12. The van der Waals surface area contributed by atoms with E-state index < -0.39 is 0 Å². The number of anilines is 1. The van der Waals surface area contributed by atoms with Gasteiger partial charge in [0, 0.05) is 10.9 Å². The van der Waals surface area contributed by atoms with Gasteiger partial charge >= 0.3 is 0 Å². The molecule has 0 unspecified atom stereocenters. The number of rotatable bonds is 4. The number of aromatic nitrogens is 1. The normalized spacial score (nSPS) is 11.7. The highest BCUT2D eigenvalue weighted by atomic mass is 35.5. The number of thiazole rings is 1. The Hall–Kier alpha value is -1.69. The Morgan fingerprint density at radius 1 is 1.17 bits per heavy atom. The van der Waals surface area contributed by atoms with Crippen LogP contribution < -0.4 is 5.43 Å². The van der Waals surface area contributed by atoms with E-state index in [-0.39, 0.29) is 0 Å².